The summed E-state index contributed by atoms with van der Waals surface area (Å²) in [5.74, 6) is -0.583. The summed E-state index contributed by atoms with van der Waals surface area (Å²) >= 11 is 0. The molecule has 3 rings (SSSR count). The van der Waals surface area contributed by atoms with Crippen molar-refractivity contribution in [1.82, 2.24) is 4.90 Å². The van der Waals surface area contributed by atoms with E-state index in [9.17, 15) is 17.6 Å². The highest BCUT2D eigenvalue weighted by Crippen LogP contribution is 2.26. The van der Waals surface area contributed by atoms with E-state index in [0.29, 0.717) is 5.56 Å². The van der Waals surface area contributed by atoms with Crippen LogP contribution in [0.2, 0.25) is 0 Å². The number of benzene rings is 2. The first-order valence-electron chi connectivity index (χ1n) is 8.90. The average molecular weight is 417 g/mol. The van der Waals surface area contributed by atoms with Gasteiger partial charge in [-0.1, -0.05) is 18.2 Å². The van der Waals surface area contributed by atoms with Crippen LogP contribution < -0.4 is 4.18 Å². The van der Waals surface area contributed by atoms with Gasteiger partial charge in [-0.15, -0.1) is 0 Å². The van der Waals surface area contributed by atoms with Gasteiger partial charge in [0.25, 0.3) is 5.91 Å². The van der Waals surface area contributed by atoms with E-state index in [1.807, 2.05) is 13.8 Å². The first-order chi connectivity index (χ1) is 13.8. The van der Waals surface area contributed by atoms with E-state index >= 15 is 0 Å². The highest BCUT2D eigenvalue weighted by molar-refractivity contribution is 7.87. The topological polar surface area (TPSA) is 76.8 Å². The maximum absolute atomic E-state index is 13.1. The van der Waals surface area contributed by atoms with Crippen LogP contribution in [0.15, 0.2) is 76.2 Å². The molecule has 1 aromatic heterocycles. The van der Waals surface area contributed by atoms with Crippen LogP contribution in [0.1, 0.15) is 30.0 Å². The minimum absolute atomic E-state index is 0.0923. The average Bonchev–Trinajstić information content (AvgIpc) is 3.21. The van der Waals surface area contributed by atoms with Crippen LogP contribution in [0.4, 0.5) is 4.39 Å². The summed E-state index contributed by atoms with van der Waals surface area (Å²) in [5, 5.41) is 0. The van der Waals surface area contributed by atoms with Crippen molar-refractivity contribution in [3.8, 4) is 5.75 Å². The Balaban J connectivity index is 1.88. The zero-order chi connectivity index (χ0) is 21.0. The number of nitrogens with zero attached hydrogens (tertiary/aromatic N) is 1. The van der Waals surface area contributed by atoms with Crippen molar-refractivity contribution in [3.63, 3.8) is 0 Å². The minimum atomic E-state index is -4.16. The van der Waals surface area contributed by atoms with Crippen molar-refractivity contribution in [2.75, 3.05) is 0 Å². The third-order valence-electron chi connectivity index (χ3n) is 4.23. The van der Waals surface area contributed by atoms with E-state index in [4.69, 9.17) is 8.60 Å². The minimum Gasteiger partial charge on any atom is -0.459 e. The maximum Gasteiger partial charge on any atom is 0.339 e. The third kappa shape index (κ3) is 4.83. The number of furan rings is 1. The molecule has 0 aliphatic heterocycles. The second kappa shape index (κ2) is 8.48. The number of amides is 1. The molecule has 8 heteroatoms. The van der Waals surface area contributed by atoms with E-state index in [1.54, 1.807) is 35.2 Å². The molecule has 0 aliphatic rings. The number of rotatable bonds is 7. The number of carbonyl (C=O) groups excluding carboxylic acids is 1. The monoisotopic (exact) mass is 417 g/mol. The Morgan fingerprint density at radius 2 is 1.76 bits per heavy atom. The van der Waals surface area contributed by atoms with Crippen molar-refractivity contribution in [2.45, 2.75) is 31.3 Å². The first-order valence-corrected chi connectivity index (χ1v) is 10.3. The molecule has 0 saturated heterocycles. The lowest BCUT2D eigenvalue weighted by Crippen LogP contribution is -2.36. The lowest BCUT2D eigenvalue weighted by Gasteiger charge is -2.26. The zero-order valence-electron chi connectivity index (χ0n) is 15.9. The predicted molar refractivity (Wildman–Crippen MR) is 104 cm³/mol. The van der Waals surface area contributed by atoms with E-state index in [0.717, 1.165) is 24.3 Å². The second-order valence-corrected chi connectivity index (χ2v) is 8.15. The molecule has 0 atom stereocenters. The molecular formula is C21H20FNO5S. The van der Waals surface area contributed by atoms with Crippen molar-refractivity contribution in [1.29, 1.82) is 0 Å². The molecular weight excluding hydrogens is 397 g/mol. The van der Waals surface area contributed by atoms with E-state index in [-0.39, 0.29) is 34.9 Å². The molecule has 0 spiro atoms. The number of para-hydroxylation sites is 1. The van der Waals surface area contributed by atoms with Crippen LogP contribution in [0.25, 0.3) is 0 Å². The molecule has 6 nitrogen and oxygen atoms in total. The van der Waals surface area contributed by atoms with E-state index in [1.165, 1.54) is 12.3 Å². The Morgan fingerprint density at radius 3 is 2.38 bits per heavy atom. The molecule has 0 unspecified atom stereocenters. The van der Waals surface area contributed by atoms with Crippen molar-refractivity contribution in [2.24, 2.45) is 0 Å². The van der Waals surface area contributed by atoms with Crippen LogP contribution in [-0.4, -0.2) is 25.3 Å². The number of hydrogen-bond donors (Lipinski definition) is 0. The molecule has 29 heavy (non-hydrogen) atoms. The van der Waals surface area contributed by atoms with Gasteiger partial charge >= 0.3 is 10.1 Å². The summed E-state index contributed by atoms with van der Waals surface area (Å²) in [6.07, 6.45) is 1.41. The third-order valence-corrected chi connectivity index (χ3v) is 5.48. The molecule has 2 aromatic carbocycles. The van der Waals surface area contributed by atoms with Gasteiger partial charge in [-0.25, -0.2) is 4.39 Å². The zero-order valence-corrected chi connectivity index (χ0v) is 16.7. The summed E-state index contributed by atoms with van der Waals surface area (Å²) in [6, 6.07) is 13.9. The second-order valence-electron chi connectivity index (χ2n) is 6.60. The fraction of sp³-hybridized carbons (Fsp3) is 0.190. The predicted octanol–water partition coefficient (Wildman–Crippen LogP) is 4.24. The van der Waals surface area contributed by atoms with Crippen LogP contribution in [0.5, 0.6) is 5.75 Å². The summed E-state index contributed by atoms with van der Waals surface area (Å²) in [7, 11) is -4.16. The first kappa shape index (κ1) is 20.6. The fourth-order valence-electron chi connectivity index (χ4n) is 2.70. The molecule has 1 amide bonds. The summed E-state index contributed by atoms with van der Waals surface area (Å²) < 4.78 is 48.7. The van der Waals surface area contributed by atoms with Gasteiger partial charge in [-0.2, -0.15) is 8.42 Å². The number of carbonyl (C=O) groups is 1. The molecule has 0 bridgehead atoms. The quantitative estimate of drug-likeness (QED) is 0.538. The van der Waals surface area contributed by atoms with Gasteiger partial charge in [0.1, 0.15) is 16.5 Å². The SMILES string of the molecule is CC(C)N(Cc1ccccc1OS(=O)(=O)c1ccc(F)cc1)C(=O)c1ccco1. The smallest absolute Gasteiger partial charge is 0.339 e. The normalized spacial score (nSPS) is 11.4. The van der Waals surface area contributed by atoms with Crippen LogP contribution in [0.3, 0.4) is 0 Å². The van der Waals surface area contributed by atoms with E-state index < -0.39 is 15.9 Å². The summed E-state index contributed by atoms with van der Waals surface area (Å²) in [5.41, 5.74) is 0.506. The van der Waals surface area contributed by atoms with Crippen LogP contribution in [0, 0.1) is 5.82 Å². The highest BCUT2D eigenvalue weighted by Gasteiger charge is 2.24. The Kier molecular flexibility index (Phi) is 6.03. The summed E-state index contributed by atoms with van der Waals surface area (Å²) in [6.45, 7) is 3.81. The molecule has 1 heterocycles. The van der Waals surface area contributed by atoms with Gasteiger partial charge in [0.2, 0.25) is 0 Å². The summed E-state index contributed by atoms with van der Waals surface area (Å²) in [4.78, 5) is 14.1. The molecule has 0 aliphatic carbocycles. The Hall–Kier alpha value is -3.13. The van der Waals surface area contributed by atoms with Crippen LogP contribution >= 0.6 is 0 Å². The molecule has 0 fully saturated rings. The standard InChI is InChI=1S/C21H20FNO5S/c1-15(2)23(21(24)20-8-5-13-27-20)14-16-6-3-4-7-19(16)28-29(25,26)18-11-9-17(22)10-12-18/h3-13,15H,14H2,1-2H3. The van der Waals surface area contributed by atoms with Crippen molar-refractivity contribution in [3.05, 3.63) is 84.1 Å². The van der Waals surface area contributed by atoms with Crippen LogP contribution in [-0.2, 0) is 16.7 Å². The van der Waals surface area contributed by atoms with Gasteiger partial charge < -0.3 is 13.5 Å². The van der Waals surface area contributed by atoms with Gasteiger partial charge in [0.05, 0.1) is 12.8 Å². The van der Waals surface area contributed by atoms with Gasteiger partial charge in [-0.05, 0) is 56.3 Å². The molecule has 0 saturated carbocycles. The molecule has 3 aromatic rings. The highest BCUT2D eigenvalue weighted by atomic mass is 32.2. The largest absolute Gasteiger partial charge is 0.459 e. The molecule has 152 valence electrons. The Bertz CT molecular complexity index is 1080. The van der Waals surface area contributed by atoms with Crippen molar-refractivity contribution >= 4 is 16.0 Å². The Morgan fingerprint density at radius 1 is 1.07 bits per heavy atom. The molecule has 0 radical (unpaired) electrons. The van der Waals surface area contributed by atoms with Gasteiger partial charge in [-0.3, -0.25) is 4.79 Å². The number of hydrogen-bond acceptors (Lipinski definition) is 5. The number of halogens is 1. The van der Waals surface area contributed by atoms with E-state index in [2.05, 4.69) is 0 Å². The molecule has 0 N–H and O–H groups in total. The fourth-order valence-corrected chi connectivity index (χ4v) is 3.66. The van der Waals surface area contributed by atoms with Crippen molar-refractivity contribution < 1.29 is 26.2 Å². The van der Waals surface area contributed by atoms with Gasteiger partial charge in [0.15, 0.2) is 5.76 Å². The lowest BCUT2D eigenvalue weighted by atomic mass is 10.1. The maximum atomic E-state index is 13.1. The van der Waals surface area contributed by atoms with Gasteiger partial charge in [0, 0.05) is 11.6 Å². The Labute approximate surface area is 168 Å². The lowest BCUT2D eigenvalue weighted by molar-refractivity contribution is 0.0657.